The maximum atomic E-state index is 12.9. The maximum Gasteiger partial charge on any atom is 0.240 e. The lowest BCUT2D eigenvalue weighted by molar-refractivity contribution is -0.132. The van der Waals surface area contributed by atoms with Gasteiger partial charge >= 0.3 is 0 Å². The van der Waals surface area contributed by atoms with Crippen molar-refractivity contribution in [1.82, 2.24) is 10.3 Å². The molecule has 1 aromatic rings. The number of hydrogen-bond donors (Lipinski definition) is 1. The van der Waals surface area contributed by atoms with E-state index in [4.69, 9.17) is 4.74 Å². The Bertz CT molecular complexity index is 652. The Balaban J connectivity index is 1.40. The van der Waals surface area contributed by atoms with Crippen LogP contribution in [0.25, 0.3) is 0 Å². The van der Waals surface area contributed by atoms with Crippen molar-refractivity contribution in [2.45, 2.75) is 44.6 Å². The third kappa shape index (κ3) is 5.01. The predicted octanol–water partition coefficient (Wildman–Crippen LogP) is 2.24. The van der Waals surface area contributed by atoms with Crippen LogP contribution in [0.15, 0.2) is 29.4 Å². The Hall–Kier alpha value is -2.44. The number of carbonyl (C=O) groups excluding carboxylic acids is 2. The number of benzene rings is 1. The summed E-state index contributed by atoms with van der Waals surface area (Å²) in [5.41, 5.74) is 3.33. The van der Waals surface area contributed by atoms with Crippen LogP contribution in [0.4, 0.5) is 4.39 Å². The summed E-state index contributed by atoms with van der Waals surface area (Å²) < 4.78 is 18.7. The number of piperidine rings is 1. The lowest BCUT2D eigenvalue weighted by Gasteiger charge is -2.32. The van der Waals surface area contributed by atoms with E-state index in [1.807, 2.05) is 4.90 Å². The van der Waals surface area contributed by atoms with E-state index in [0.29, 0.717) is 44.5 Å². The molecule has 2 aliphatic heterocycles. The molecule has 0 bridgehead atoms. The Kier molecular flexibility index (Phi) is 5.63. The van der Waals surface area contributed by atoms with Crippen molar-refractivity contribution >= 4 is 17.5 Å². The standard InChI is InChI=1S/C18H22FN3O3/c19-13-1-5-15(6-2-13)25-16-9-11-22(12-10-16)18(24)8-4-14-3-7-17(23)21-20-14/h1-2,5-6,16H,3-4,7-12H2,(H,21,23). The Morgan fingerprint density at radius 1 is 1.24 bits per heavy atom. The van der Waals surface area contributed by atoms with Crippen LogP contribution in [-0.4, -0.2) is 41.6 Å². The van der Waals surface area contributed by atoms with Crippen molar-refractivity contribution in [2.75, 3.05) is 13.1 Å². The molecule has 1 saturated heterocycles. The van der Waals surface area contributed by atoms with E-state index in [2.05, 4.69) is 10.5 Å². The molecule has 0 spiro atoms. The average Bonchev–Trinajstić information content (AvgIpc) is 2.63. The first kappa shape index (κ1) is 17.4. The monoisotopic (exact) mass is 347 g/mol. The van der Waals surface area contributed by atoms with Crippen molar-refractivity contribution in [3.8, 4) is 5.75 Å². The van der Waals surface area contributed by atoms with E-state index in [9.17, 15) is 14.0 Å². The molecule has 2 amide bonds. The molecule has 0 aliphatic carbocycles. The molecule has 2 aliphatic rings. The molecule has 2 heterocycles. The third-order valence-corrected chi connectivity index (χ3v) is 4.52. The van der Waals surface area contributed by atoms with E-state index in [1.165, 1.54) is 12.1 Å². The number of nitrogens with zero attached hydrogens (tertiary/aromatic N) is 2. The molecule has 3 rings (SSSR count). The Morgan fingerprint density at radius 3 is 2.60 bits per heavy atom. The van der Waals surface area contributed by atoms with Crippen LogP contribution in [0.5, 0.6) is 5.75 Å². The van der Waals surface area contributed by atoms with Crippen LogP contribution in [0, 0.1) is 5.82 Å². The lowest BCUT2D eigenvalue weighted by Crippen LogP contribution is -2.42. The molecular weight excluding hydrogens is 325 g/mol. The number of ether oxygens (including phenoxy) is 1. The summed E-state index contributed by atoms with van der Waals surface area (Å²) in [6.07, 6.45) is 3.66. The second-order valence-electron chi connectivity index (χ2n) is 6.36. The first-order valence-corrected chi connectivity index (χ1v) is 8.64. The highest BCUT2D eigenvalue weighted by atomic mass is 19.1. The second-order valence-corrected chi connectivity index (χ2v) is 6.36. The maximum absolute atomic E-state index is 12.9. The van der Waals surface area contributed by atoms with Gasteiger partial charge < -0.3 is 9.64 Å². The number of amides is 2. The highest BCUT2D eigenvalue weighted by molar-refractivity contribution is 5.94. The largest absolute Gasteiger partial charge is 0.490 e. The Morgan fingerprint density at radius 2 is 1.96 bits per heavy atom. The molecule has 7 heteroatoms. The first-order valence-electron chi connectivity index (χ1n) is 8.64. The van der Waals surface area contributed by atoms with Gasteiger partial charge in [-0.3, -0.25) is 9.59 Å². The fourth-order valence-corrected chi connectivity index (χ4v) is 3.03. The number of hydrazone groups is 1. The van der Waals surface area contributed by atoms with Crippen LogP contribution >= 0.6 is 0 Å². The fourth-order valence-electron chi connectivity index (χ4n) is 3.03. The van der Waals surface area contributed by atoms with Gasteiger partial charge in [0.1, 0.15) is 17.7 Å². The first-order chi connectivity index (χ1) is 12.1. The molecule has 1 N–H and O–H groups in total. The molecule has 6 nitrogen and oxygen atoms in total. The molecular formula is C18H22FN3O3. The van der Waals surface area contributed by atoms with Crippen LogP contribution in [-0.2, 0) is 9.59 Å². The van der Waals surface area contributed by atoms with Crippen LogP contribution in [0.3, 0.4) is 0 Å². The number of halogens is 1. The number of nitrogens with one attached hydrogen (secondary N) is 1. The van der Waals surface area contributed by atoms with E-state index < -0.39 is 0 Å². The minimum atomic E-state index is -0.282. The zero-order valence-corrected chi connectivity index (χ0v) is 14.0. The van der Waals surface area contributed by atoms with Gasteiger partial charge in [-0.05, 0) is 37.1 Å². The molecule has 0 atom stereocenters. The second kappa shape index (κ2) is 8.09. The lowest BCUT2D eigenvalue weighted by atomic mass is 10.0. The van der Waals surface area contributed by atoms with E-state index >= 15 is 0 Å². The van der Waals surface area contributed by atoms with Crippen molar-refractivity contribution in [2.24, 2.45) is 5.10 Å². The van der Waals surface area contributed by atoms with Crippen LogP contribution in [0.2, 0.25) is 0 Å². The van der Waals surface area contributed by atoms with Gasteiger partial charge in [-0.2, -0.15) is 5.10 Å². The van der Waals surface area contributed by atoms with Gasteiger partial charge in [0.05, 0.1) is 0 Å². The fraction of sp³-hybridized carbons (Fsp3) is 0.500. The minimum absolute atomic E-state index is 0.0486. The van der Waals surface area contributed by atoms with Gasteiger partial charge in [-0.1, -0.05) is 0 Å². The average molecular weight is 347 g/mol. The third-order valence-electron chi connectivity index (χ3n) is 4.52. The van der Waals surface area contributed by atoms with E-state index in [0.717, 1.165) is 18.6 Å². The summed E-state index contributed by atoms with van der Waals surface area (Å²) in [5, 5.41) is 3.99. The Labute approximate surface area is 146 Å². The number of carbonyl (C=O) groups is 2. The van der Waals surface area contributed by atoms with Gasteiger partial charge in [0.2, 0.25) is 11.8 Å². The summed E-state index contributed by atoms with van der Waals surface area (Å²) in [5.74, 6) is 0.413. The van der Waals surface area contributed by atoms with Gasteiger partial charge in [-0.25, -0.2) is 9.82 Å². The molecule has 0 aromatic heterocycles. The molecule has 0 radical (unpaired) electrons. The molecule has 0 saturated carbocycles. The highest BCUT2D eigenvalue weighted by Gasteiger charge is 2.24. The van der Waals surface area contributed by atoms with Gasteiger partial charge in [0.15, 0.2) is 0 Å². The topological polar surface area (TPSA) is 71.0 Å². The minimum Gasteiger partial charge on any atom is -0.490 e. The molecule has 0 unspecified atom stereocenters. The predicted molar refractivity (Wildman–Crippen MR) is 90.7 cm³/mol. The van der Waals surface area contributed by atoms with Crippen molar-refractivity contribution < 1.29 is 18.7 Å². The van der Waals surface area contributed by atoms with Crippen molar-refractivity contribution in [1.29, 1.82) is 0 Å². The molecule has 1 aromatic carbocycles. The zero-order valence-electron chi connectivity index (χ0n) is 14.0. The smallest absolute Gasteiger partial charge is 0.240 e. The quantitative estimate of drug-likeness (QED) is 0.888. The van der Waals surface area contributed by atoms with Crippen LogP contribution < -0.4 is 10.2 Å². The molecule has 134 valence electrons. The van der Waals surface area contributed by atoms with Crippen molar-refractivity contribution in [3.63, 3.8) is 0 Å². The molecule has 1 fully saturated rings. The molecule has 25 heavy (non-hydrogen) atoms. The SMILES string of the molecule is O=C1CCC(CCC(=O)N2CCC(Oc3ccc(F)cc3)CC2)=NN1. The van der Waals surface area contributed by atoms with Gasteiger partial charge in [0.25, 0.3) is 0 Å². The summed E-state index contributed by atoms with van der Waals surface area (Å²) in [6, 6.07) is 6.00. The van der Waals surface area contributed by atoms with Crippen molar-refractivity contribution in [3.05, 3.63) is 30.1 Å². The summed E-state index contributed by atoms with van der Waals surface area (Å²) >= 11 is 0. The number of likely N-dealkylation sites (tertiary alicyclic amines) is 1. The number of rotatable bonds is 5. The number of hydrogen-bond acceptors (Lipinski definition) is 4. The highest BCUT2D eigenvalue weighted by Crippen LogP contribution is 2.20. The van der Waals surface area contributed by atoms with E-state index in [-0.39, 0.29) is 23.7 Å². The summed E-state index contributed by atoms with van der Waals surface area (Å²) in [7, 11) is 0. The van der Waals surface area contributed by atoms with E-state index in [1.54, 1.807) is 12.1 Å². The van der Waals surface area contributed by atoms with Crippen LogP contribution in [0.1, 0.15) is 38.5 Å². The summed E-state index contributed by atoms with van der Waals surface area (Å²) in [6.45, 7) is 1.32. The normalized spacial score (nSPS) is 18.5. The van der Waals surface area contributed by atoms with Gasteiger partial charge in [-0.15, -0.1) is 0 Å². The van der Waals surface area contributed by atoms with Gasteiger partial charge in [0, 0.05) is 44.5 Å². The summed E-state index contributed by atoms with van der Waals surface area (Å²) in [4.78, 5) is 25.2. The zero-order chi connectivity index (χ0) is 17.6.